The van der Waals surface area contributed by atoms with Crippen LogP contribution >= 0.6 is 0 Å². The third-order valence-corrected chi connectivity index (χ3v) is 8.43. The van der Waals surface area contributed by atoms with Crippen LogP contribution in [-0.4, -0.2) is 31.0 Å². The van der Waals surface area contributed by atoms with Crippen molar-refractivity contribution >= 4 is 0 Å². The topological polar surface area (TPSA) is 46.2 Å². The zero-order valence-corrected chi connectivity index (χ0v) is 29.6. The van der Waals surface area contributed by atoms with Crippen LogP contribution in [0.2, 0.25) is 0 Å². The van der Waals surface area contributed by atoms with Crippen LogP contribution in [0.1, 0.15) is 54.0 Å². The van der Waals surface area contributed by atoms with Crippen LogP contribution in [0.3, 0.4) is 0 Å². The number of benzene rings is 5. The first kappa shape index (κ1) is 37.7. The maximum atomic E-state index is 6.91. The van der Waals surface area contributed by atoms with E-state index in [1.807, 2.05) is 91.0 Å². The summed E-state index contributed by atoms with van der Waals surface area (Å²) in [5, 5.41) is 0. The summed E-state index contributed by atoms with van der Waals surface area (Å²) in [6, 6.07) is 50.9. The molecule has 5 nitrogen and oxygen atoms in total. The first-order valence-corrected chi connectivity index (χ1v) is 18.0. The second-order valence-corrected chi connectivity index (χ2v) is 12.5. The van der Waals surface area contributed by atoms with E-state index < -0.39 is 24.4 Å². The second kappa shape index (κ2) is 22.3. The molecule has 0 spiro atoms. The Kier molecular flexibility index (Phi) is 16.5. The van der Waals surface area contributed by atoms with Crippen LogP contribution < -0.4 is 0 Å². The Labute approximate surface area is 304 Å². The van der Waals surface area contributed by atoms with Crippen molar-refractivity contribution in [2.75, 3.05) is 6.61 Å². The minimum absolute atomic E-state index is 0.279. The van der Waals surface area contributed by atoms with E-state index in [9.17, 15) is 0 Å². The van der Waals surface area contributed by atoms with Crippen molar-refractivity contribution in [1.29, 1.82) is 0 Å². The standard InChI is InChI=1S/C46H50O5/c1-2-3-4-20-31-43(48-33-39-23-12-6-13-24-39)45(50-35-41-27-16-8-17-28-41)46(51-36-42-29-18-9-19-30-42)44(49-34-40-25-14-7-15-26-40)37-47-32-38-21-10-5-11-22-38/h5-19,21-30,43-46H,2-4,32-37H2,1H3/t43-,44-,45+,46-/m1/s1. The summed E-state index contributed by atoms with van der Waals surface area (Å²) in [4.78, 5) is 0. The molecule has 0 heterocycles. The molecule has 0 aromatic heterocycles. The van der Waals surface area contributed by atoms with Crippen molar-refractivity contribution in [2.45, 2.75) is 83.6 Å². The highest BCUT2D eigenvalue weighted by molar-refractivity contribution is 5.18. The molecule has 264 valence electrons. The van der Waals surface area contributed by atoms with Gasteiger partial charge in [0, 0.05) is 6.42 Å². The van der Waals surface area contributed by atoms with Gasteiger partial charge in [0.05, 0.1) is 39.6 Å². The molecule has 0 saturated heterocycles. The molecule has 0 unspecified atom stereocenters. The van der Waals surface area contributed by atoms with Gasteiger partial charge in [-0.2, -0.15) is 0 Å². The van der Waals surface area contributed by atoms with Gasteiger partial charge >= 0.3 is 0 Å². The molecule has 5 rings (SSSR count). The minimum Gasteiger partial charge on any atom is -0.374 e. The Hall–Kier alpha value is -4.54. The van der Waals surface area contributed by atoms with Crippen LogP contribution in [0.25, 0.3) is 0 Å². The zero-order chi connectivity index (χ0) is 35.2. The van der Waals surface area contributed by atoms with Gasteiger partial charge in [0.2, 0.25) is 0 Å². The summed E-state index contributed by atoms with van der Waals surface area (Å²) < 4.78 is 33.7. The minimum atomic E-state index is -0.618. The fourth-order valence-corrected chi connectivity index (χ4v) is 5.60. The summed E-state index contributed by atoms with van der Waals surface area (Å²) in [5.74, 6) is 6.89. The number of rotatable bonds is 21. The zero-order valence-electron chi connectivity index (χ0n) is 29.6. The van der Waals surface area contributed by atoms with Gasteiger partial charge in [-0.3, -0.25) is 0 Å². The van der Waals surface area contributed by atoms with E-state index in [1.165, 1.54) is 0 Å². The van der Waals surface area contributed by atoms with Crippen molar-refractivity contribution in [3.8, 4) is 11.8 Å². The van der Waals surface area contributed by atoms with Gasteiger partial charge in [0.15, 0.2) is 0 Å². The predicted molar refractivity (Wildman–Crippen MR) is 203 cm³/mol. The molecule has 5 aromatic carbocycles. The van der Waals surface area contributed by atoms with E-state index in [1.54, 1.807) is 0 Å². The third kappa shape index (κ3) is 13.6. The van der Waals surface area contributed by atoms with Gasteiger partial charge in [0.1, 0.15) is 24.4 Å². The number of hydrogen-bond acceptors (Lipinski definition) is 5. The van der Waals surface area contributed by atoms with Crippen LogP contribution in [0.4, 0.5) is 0 Å². The van der Waals surface area contributed by atoms with E-state index in [0.717, 1.165) is 47.1 Å². The summed E-state index contributed by atoms with van der Waals surface area (Å²) >= 11 is 0. The smallest absolute Gasteiger partial charge is 0.147 e. The average Bonchev–Trinajstić information content (AvgIpc) is 3.19. The normalized spacial score (nSPS) is 13.4. The van der Waals surface area contributed by atoms with Crippen LogP contribution in [0.5, 0.6) is 0 Å². The Balaban J connectivity index is 1.51. The lowest BCUT2D eigenvalue weighted by Gasteiger charge is -2.36. The van der Waals surface area contributed by atoms with E-state index in [0.29, 0.717) is 33.0 Å². The highest BCUT2D eigenvalue weighted by Gasteiger charge is 2.38. The van der Waals surface area contributed by atoms with Gasteiger partial charge in [-0.1, -0.05) is 171 Å². The van der Waals surface area contributed by atoms with Crippen molar-refractivity contribution in [3.63, 3.8) is 0 Å². The molecule has 5 heteroatoms. The molecule has 0 aliphatic carbocycles. The fraction of sp³-hybridized carbons (Fsp3) is 0.304. The molecule has 0 amide bonds. The summed E-state index contributed by atoms with van der Waals surface area (Å²) in [6.45, 7) is 4.37. The number of ether oxygens (including phenoxy) is 5. The Morgan fingerprint density at radius 3 is 1.29 bits per heavy atom. The van der Waals surface area contributed by atoms with E-state index >= 15 is 0 Å². The molecule has 0 bridgehead atoms. The Bertz CT molecular complexity index is 1670. The number of unbranched alkanes of at least 4 members (excludes halogenated alkanes) is 2. The van der Waals surface area contributed by atoms with Crippen LogP contribution in [0.15, 0.2) is 152 Å². The molecular weight excluding hydrogens is 633 g/mol. The fourth-order valence-electron chi connectivity index (χ4n) is 5.60. The number of hydrogen-bond donors (Lipinski definition) is 0. The lowest BCUT2D eigenvalue weighted by atomic mass is 10.0. The summed E-state index contributed by atoms with van der Waals surface area (Å²) in [7, 11) is 0. The Morgan fingerprint density at radius 2 is 0.843 bits per heavy atom. The lowest BCUT2D eigenvalue weighted by Crippen LogP contribution is -2.50. The molecule has 51 heavy (non-hydrogen) atoms. The molecule has 4 atom stereocenters. The van der Waals surface area contributed by atoms with Crippen LogP contribution in [-0.2, 0) is 56.7 Å². The highest BCUT2D eigenvalue weighted by atomic mass is 16.6. The van der Waals surface area contributed by atoms with E-state index in [4.69, 9.17) is 23.7 Å². The maximum absolute atomic E-state index is 6.91. The van der Waals surface area contributed by atoms with Crippen molar-refractivity contribution in [3.05, 3.63) is 179 Å². The van der Waals surface area contributed by atoms with Crippen LogP contribution in [0, 0.1) is 11.8 Å². The molecule has 0 aliphatic rings. The highest BCUT2D eigenvalue weighted by Crippen LogP contribution is 2.24. The molecule has 0 N–H and O–H groups in total. The molecular formula is C46H50O5. The summed E-state index contributed by atoms with van der Waals surface area (Å²) in [5.41, 5.74) is 5.30. The lowest BCUT2D eigenvalue weighted by molar-refractivity contribution is -0.191. The third-order valence-electron chi connectivity index (χ3n) is 8.43. The van der Waals surface area contributed by atoms with Crippen molar-refractivity contribution in [1.82, 2.24) is 0 Å². The van der Waals surface area contributed by atoms with Gasteiger partial charge in [-0.05, 0) is 34.2 Å². The quantitative estimate of drug-likeness (QED) is 0.0570. The molecule has 5 aromatic rings. The van der Waals surface area contributed by atoms with Gasteiger partial charge in [0.25, 0.3) is 0 Å². The molecule has 0 aliphatic heterocycles. The molecule has 0 fully saturated rings. The maximum Gasteiger partial charge on any atom is 0.147 e. The van der Waals surface area contributed by atoms with E-state index in [-0.39, 0.29) is 6.61 Å². The van der Waals surface area contributed by atoms with Crippen molar-refractivity contribution < 1.29 is 23.7 Å². The van der Waals surface area contributed by atoms with Gasteiger partial charge in [-0.25, -0.2) is 0 Å². The SMILES string of the molecule is CCCCC#C[C@@H](OCc1ccccc1)[C@H](OCc1ccccc1)[C@H](OCc1ccccc1)[C@@H](COCc1ccccc1)OCc1ccccc1. The summed E-state index contributed by atoms with van der Waals surface area (Å²) in [6.07, 6.45) is 0.508. The largest absolute Gasteiger partial charge is 0.374 e. The van der Waals surface area contributed by atoms with E-state index in [2.05, 4.69) is 79.4 Å². The average molecular weight is 683 g/mol. The van der Waals surface area contributed by atoms with Gasteiger partial charge in [-0.15, -0.1) is 5.92 Å². The predicted octanol–water partition coefficient (Wildman–Crippen LogP) is 9.74. The first-order chi connectivity index (χ1) is 25.3. The first-order valence-electron chi connectivity index (χ1n) is 18.0. The molecule has 0 radical (unpaired) electrons. The molecule has 0 saturated carbocycles. The van der Waals surface area contributed by atoms with Crippen molar-refractivity contribution in [2.24, 2.45) is 0 Å². The monoisotopic (exact) mass is 682 g/mol. The second-order valence-electron chi connectivity index (χ2n) is 12.5. The Morgan fingerprint density at radius 1 is 0.451 bits per heavy atom. The van der Waals surface area contributed by atoms with Gasteiger partial charge < -0.3 is 23.7 Å².